The first-order valence-electron chi connectivity index (χ1n) is 9.43. The summed E-state index contributed by atoms with van der Waals surface area (Å²) in [7, 11) is 0. The van der Waals surface area contributed by atoms with Gasteiger partial charge in [-0.05, 0) is 48.7 Å². The molecule has 2 aliphatic heterocycles. The van der Waals surface area contributed by atoms with Crippen LogP contribution in [0, 0.1) is 0 Å². The first-order valence-corrected chi connectivity index (χ1v) is 9.81. The Bertz CT molecular complexity index is 879. The van der Waals surface area contributed by atoms with Gasteiger partial charge in [-0.2, -0.15) is 0 Å². The van der Waals surface area contributed by atoms with Crippen molar-refractivity contribution in [3.05, 3.63) is 53.1 Å². The number of fused-ring (bicyclic) bond motifs is 1. The molecule has 0 unspecified atom stereocenters. The van der Waals surface area contributed by atoms with E-state index in [2.05, 4.69) is 22.3 Å². The number of nitrogens with zero attached hydrogens (tertiary/aromatic N) is 2. The van der Waals surface area contributed by atoms with Crippen LogP contribution in [0.15, 0.2) is 42.5 Å². The largest absolute Gasteiger partial charge is 0.482 e. The zero-order valence-corrected chi connectivity index (χ0v) is 16.2. The van der Waals surface area contributed by atoms with Crippen LogP contribution >= 0.6 is 11.6 Å². The maximum atomic E-state index is 12.4. The number of anilines is 2. The van der Waals surface area contributed by atoms with Crippen LogP contribution in [0.4, 0.5) is 11.4 Å². The molecule has 4 rings (SSSR count). The Morgan fingerprint density at radius 2 is 1.86 bits per heavy atom. The Hall–Kier alpha value is -2.73. The van der Waals surface area contributed by atoms with Crippen LogP contribution in [0.1, 0.15) is 18.4 Å². The monoisotopic (exact) mass is 399 g/mol. The van der Waals surface area contributed by atoms with Gasteiger partial charge < -0.3 is 15.0 Å². The minimum atomic E-state index is -0.264. The molecule has 0 bridgehead atoms. The Morgan fingerprint density at radius 3 is 2.61 bits per heavy atom. The van der Waals surface area contributed by atoms with E-state index in [0.717, 1.165) is 18.7 Å². The van der Waals surface area contributed by atoms with Crippen LogP contribution in [0.25, 0.3) is 0 Å². The quantitative estimate of drug-likeness (QED) is 0.839. The van der Waals surface area contributed by atoms with Crippen molar-refractivity contribution < 1.29 is 14.3 Å². The third-order valence-electron chi connectivity index (χ3n) is 5.06. The van der Waals surface area contributed by atoms with Gasteiger partial charge in [-0.1, -0.05) is 23.7 Å². The predicted octanol–water partition coefficient (Wildman–Crippen LogP) is 2.98. The molecule has 0 aliphatic carbocycles. The zero-order chi connectivity index (χ0) is 19.5. The van der Waals surface area contributed by atoms with Crippen molar-refractivity contribution in [3.63, 3.8) is 0 Å². The number of benzene rings is 2. The molecule has 0 saturated carbocycles. The summed E-state index contributed by atoms with van der Waals surface area (Å²) < 4.78 is 5.40. The zero-order valence-electron chi connectivity index (χ0n) is 15.5. The lowest BCUT2D eigenvalue weighted by Gasteiger charge is -2.29. The number of carbonyl (C=O) groups excluding carboxylic acids is 2. The van der Waals surface area contributed by atoms with Gasteiger partial charge in [0.05, 0.1) is 5.69 Å². The molecule has 28 heavy (non-hydrogen) atoms. The maximum Gasteiger partial charge on any atom is 0.265 e. The van der Waals surface area contributed by atoms with Crippen LogP contribution in [0.2, 0.25) is 5.02 Å². The molecule has 1 N–H and O–H groups in total. The molecule has 0 aromatic heterocycles. The molecule has 0 radical (unpaired) electrons. The molecule has 1 saturated heterocycles. The Balaban J connectivity index is 1.36. The van der Waals surface area contributed by atoms with Gasteiger partial charge in [0.1, 0.15) is 12.3 Å². The summed E-state index contributed by atoms with van der Waals surface area (Å²) in [5.41, 5.74) is 2.77. The first-order chi connectivity index (χ1) is 13.6. The fourth-order valence-electron chi connectivity index (χ4n) is 3.55. The highest BCUT2D eigenvalue weighted by Gasteiger charge is 2.27. The molecule has 6 nitrogen and oxygen atoms in total. The number of ether oxygens (including phenoxy) is 1. The van der Waals surface area contributed by atoms with Gasteiger partial charge in [-0.15, -0.1) is 0 Å². The van der Waals surface area contributed by atoms with Crippen molar-refractivity contribution in [2.75, 3.05) is 36.0 Å². The van der Waals surface area contributed by atoms with E-state index >= 15 is 0 Å². The van der Waals surface area contributed by atoms with Crippen molar-refractivity contribution in [1.82, 2.24) is 5.32 Å². The second-order valence-corrected chi connectivity index (χ2v) is 7.45. The topological polar surface area (TPSA) is 61.9 Å². The van der Waals surface area contributed by atoms with E-state index in [1.165, 1.54) is 23.4 Å². The van der Waals surface area contributed by atoms with Crippen molar-refractivity contribution in [2.24, 2.45) is 0 Å². The van der Waals surface area contributed by atoms with Gasteiger partial charge in [0, 0.05) is 30.3 Å². The number of rotatable bonds is 5. The molecule has 2 aliphatic rings. The van der Waals surface area contributed by atoms with E-state index in [9.17, 15) is 9.59 Å². The van der Waals surface area contributed by atoms with Crippen molar-refractivity contribution in [3.8, 4) is 5.75 Å². The van der Waals surface area contributed by atoms with Gasteiger partial charge >= 0.3 is 0 Å². The van der Waals surface area contributed by atoms with Crippen LogP contribution in [0.5, 0.6) is 5.75 Å². The number of nitrogens with one attached hydrogen (secondary N) is 1. The van der Waals surface area contributed by atoms with Gasteiger partial charge in [-0.25, -0.2) is 0 Å². The summed E-state index contributed by atoms with van der Waals surface area (Å²) in [6.45, 7) is 2.48. The van der Waals surface area contributed by atoms with Gasteiger partial charge in [-0.3, -0.25) is 14.5 Å². The van der Waals surface area contributed by atoms with E-state index in [1.807, 2.05) is 12.1 Å². The minimum absolute atomic E-state index is 0.0681. The predicted molar refractivity (Wildman–Crippen MR) is 109 cm³/mol. The van der Waals surface area contributed by atoms with Crippen LogP contribution < -0.4 is 19.9 Å². The second-order valence-electron chi connectivity index (χ2n) is 7.02. The van der Waals surface area contributed by atoms with Crippen molar-refractivity contribution in [2.45, 2.75) is 19.4 Å². The van der Waals surface area contributed by atoms with E-state index in [4.69, 9.17) is 16.3 Å². The molecule has 2 aromatic carbocycles. The normalized spacial score (nSPS) is 16.0. The second kappa shape index (κ2) is 8.10. The van der Waals surface area contributed by atoms with Gasteiger partial charge in [0.2, 0.25) is 5.91 Å². The first kappa shape index (κ1) is 18.6. The average molecular weight is 400 g/mol. The highest BCUT2D eigenvalue weighted by Crippen LogP contribution is 2.34. The molecule has 2 heterocycles. The summed E-state index contributed by atoms with van der Waals surface area (Å²) in [5, 5.41) is 3.37. The van der Waals surface area contributed by atoms with Crippen LogP contribution in [0.3, 0.4) is 0 Å². The minimum Gasteiger partial charge on any atom is -0.482 e. The third kappa shape index (κ3) is 4.07. The van der Waals surface area contributed by atoms with E-state index in [0.29, 0.717) is 23.0 Å². The number of carbonyl (C=O) groups is 2. The summed E-state index contributed by atoms with van der Waals surface area (Å²) in [6, 6.07) is 13.3. The number of amides is 2. The lowest BCUT2D eigenvalue weighted by Crippen LogP contribution is -2.45. The fourth-order valence-corrected chi connectivity index (χ4v) is 3.72. The highest BCUT2D eigenvalue weighted by atomic mass is 35.5. The molecule has 146 valence electrons. The van der Waals surface area contributed by atoms with Crippen molar-refractivity contribution in [1.29, 1.82) is 0 Å². The number of hydrogen-bond donors (Lipinski definition) is 1. The smallest absolute Gasteiger partial charge is 0.265 e. The Kier molecular flexibility index (Phi) is 5.39. The maximum absolute atomic E-state index is 12.4. The highest BCUT2D eigenvalue weighted by molar-refractivity contribution is 6.31. The lowest BCUT2D eigenvalue weighted by molar-refractivity contribution is -0.125. The van der Waals surface area contributed by atoms with Gasteiger partial charge in [0.25, 0.3) is 5.91 Å². The molecular weight excluding hydrogens is 378 g/mol. The van der Waals surface area contributed by atoms with Crippen molar-refractivity contribution >= 4 is 34.8 Å². The SMILES string of the molecule is O=C(CN1C(=O)COc2ccc(Cl)cc21)NCc1ccc(N2CCCC2)cc1. The Labute approximate surface area is 169 Å². The Morgan fingerprint density at radius 1 is 1.11 bits per heavy atom. The summed E-state index contributed by atoms with van der Waals surface area (Å²) in [5.74, 6) is 0.0546. The summed E-state index contributed by atoms with van der Waals surface area (Å²) in [6.07, 6.45) is 2.48. The number of hydrogen-bond acceptors (Lipinski definition) is 4. The number of halogens is 1. The molecule has 2 aromatic rings. The molecule has 7 heteroatoms. The summed E-state index contributed by atoms with van der Waals surface area (Å²) >= 11 is 6.03. The van der Waals surface area contributed by atoms with Crippen LogP contribution in [-0.2, 0) is 16.1 Å². The summed E-state index contributed by atoms with van der Waals surface area (Å²) in [4.78, 5) is 28.4. The van der Waals surface area contributed by atoms with Gasteiger partial charge in [0.15, 0.2) is 6.61 Å². The molecule has 0 spiro atoms. The molecular formula is C21H22ClN3O3. The third-order valence-corrected chi connectivity index (χ3v) is 5.30. The average Bonchev–Trinajstić information content (AvgIpc) is 3.24. The van der Waals surface area contributed by atoms with E-state index in [-0.39, 0.29) is 25.0 Å². The fraction of sp³-hybridized carbons (Fsp3) is 0.333. The standard InChI is InChI=1S/C21H22ClN3O3/c22-16-5-8-19-18(11-16)25(21(27)14-28-19)13-20(26)23-12-15-3-6-17(7-4-15)24-9-1-2-10-24/h3-8,11H,1-2,9-10,12-14H2,(H,23,26). The molecule has 0 atom stereocenters. The van der Waals surface area contributed by atoms with Crippen LogP contribution in [-0.4, -0.2) is 38.1 Å². The molecule has 2 amide bonds. The van der Waals surface area contributed by atoms with E-state index in [1.54, 1.807) is 18.2 Å². The lowest BCUT2D eigenvalue weighted by atomic mass is 10.2. The molecule has 1 fully saturated rings. The van der Waals surface area contributed by atoms with E-state index < -0.39 is 0 Å².